The molecule has 3 aromatic rings. The highest BCUT2D eigenvalue weighted by Crippen LogP contribution is 2.17. The van der Waals surface area contributed by atoms with E-state index in [1.807, 2.05) is 30.3 Å². The van der Waals surface area contributed by atoms with Crippen molar-refractivity contribution < 1.29 is 14.3 Å². The molecule has 1 aromatic carbocycles. The molecule has 6 heteroatoms. The maximum absolute atomic E-state index is 12.7. The SMILES string of the molecule is O=C(c1cnccn1)N(Cc1ccccc1)CC(O)c1ccco1. The van der Waals surface area contributed by atoms with Crippen LogP contribution in [0.4, 0.5) is 0 Å². The number of furan rings is 1. The number of benzene rings is 1. The van der Waals surface area contributed by atoms with Crippen molar-refractivity contribution in [2.75, 3.05) is 6.54 Å². The minimum atomic E-state index is -0.913. The normalized spacial score (nSPS) is 11.9. The smallest absolute Gasteiger partial charge is 0.274 e. The van der Waals surface area contributed by atoms with Gasteiger partial charge in [-0.3, -0.25) is 9.78 Å². The van der Waals surface area contributed by atoms with Crippen LogP contribution in [0.3, 0.4) is 0 Å². The fourth-order valence-corrected chi connectivity index (χ4v) is 2.37. The molecule has 24 heavy (non-hydrogen) atoms. The van der Waals surface area contributed by atoms with E-state index >= 15 is 0 Å². The largest absolute Gasteiger partial charge is 0.467 e. The summed E-state index contributed by atoms with van der Waals surface area (Å²) in [6, 6.07) is 13.0. The van der Waals surface area contributed by atoms with Crippen LogP contribution >= 0.6 is 0 Å². The Bertz CT molecular complexity index is 761. The Morgan fingerprint density at radius 3 is 2.67 bits per heavy atom. The van der Waals surface area contributed by atoms with Gasteiger partial charge in [0.05, 0.1) is 19.0 Å². The Balaban J connectivity index is 1.81. The fraction of sp³-hybridized carbons (Fsp3) is 0.167. The van der Waals surface area contributed by atoms with Crippen LogP contribution < -0.4 is 0 Å². The van der Waals surface area contributed by atoms with E-state index in [9.17, 15) is 9.90 Å². The van der Waals surface area contributed by atoms with Gasteiger partial charge in [-0.1, -0.05) is 30.3 Å². The van der Waals surface area contributed by atoms with Crippen molar-refractivity contribution in [1.82, 2.24) is 14.9 Å². The van der Waals surface area contributed by atoms with Crippen molar-refractivity contribution in [2.45, 2.75) is 12.6 Å². The van der Waals surface area contributed by atoms with Crippen molar-refractivity contribution in [2.24, 2.45) is 0 Å². The molecule has 0 spiro atoms. The minimum absolute atomic E-state index is 0.0951. The molecule has 0 aliphatic heterocycles. The average Bonchev–Trinajstić information content (AvgIpc) is 3.17. The van der Waals surface area contributed by atoms with Gasteiger partial charge in [0.15, 0.2) is 0 Å². The number of nitrogens with zero attached hydrogens (tertiary/aromatic N) is 3. The van der Waals surface area contributed by atoms with Gasteiger partial charge in [0.1, 0.15) is 17.6 Å². The quantitative estimate of drug-likeness (QED) is 0.754. The maximum Gasteiger partial charge on any atom is 0.274 e. The molecule has 0 radical (unpaired) electrons. The molecule has 6 nitrogen and oxygen atoms in total. The van der Waals surface area contributed by atoms with Crippen LogP contribution in [0.1, 0.15) is 27.9 Å². The zero-order valence-corrected chi connectivity index (χ0v) is 12.9. The summed E-state index contributed by atoms with van der Waals surface area (Å²) in [5, 5.41) is 10.3. The lowest BCUT2D eigenvalue weighted by Gasteiger charge is -2.24. The number of hydrogen-bond donors (Lipinski definition) is 1. The van der Waals surface area contributed by atoms with E-state index in [1.54, 1.807) is 12.1 Å². The third-order valence-corrected chi connectivity index (χ3v) is 3.55. The van der Waals surface area contributed by atoms with Crippen LogP contribution in [-0.2, 0) is 6.54 Å². The molecule has 1 atom stereocenters. The number of aliphatic hydroxyl groups excluding tert-OH is 1. The van der Waals surface area contributed by atoms with Gasteiger partial charge in [-0.15, -0.1) is 0 Å². The zero-order chi connectivity index (χ0) is 16.8. The summed E-state index contributed by atoms with van der Waals surface area (Å²) in [5.74, 6) is 0.123. The number of carbonyl (C=O) groups is 1. The lowest BCUT2D eigenvalue weighted by atomic mass is 10.2. The number of amides is 1. The molecule has 3 rings (SSSR count). The lowest BCUT2D eigenvalue weighted by molar-refractivity contribution is 0.0557. The zero-order valence-electron chi connectivity index (χ0n) is 12.9. The molecule has 0 fully saturated rings. The summed E-state index contributed by atoms with van der Waals surface area (Å²) in [7, 11) is 0. The molecule has 2 aromatic heterocycles. The molecular formula is C18H17N3O3. The molecule has 0 saturated carbocycles. The second-order valence-corrected chi connectivity index (χ2v) is 5.29. The monoisotopic (exact) mass is 323 g/mol. The van der Waals surface area contributed by atoms with Crippen molar-refractivity contribution >= 4 is 5.91 Å². The van der Waals surface area contributed by atoms with Crippen LogP contribution in [0, 0.1) is 0 Å². The van der Waals surface area contributed by atoms with E-state index in [0.29, 0.717) is 12.3 Å². The summed E-state index contributed by atoms with van der Waals surface area (Å²) < 4.78 is 5.22. The third-order valence-electron chi connectivity index (χ3n) is 3.55. The Kier molecular flexibility index (Phi) is 4.98. The van der Waals surface area contributed by atoms with Crippen LogP contribution in [0.15, 0.2) is 71.7 Å². The molecule has 1 N–H and O–H groups in total. The van der Waals surface area contributed by atoms with Gasteiger partial charge in [-0.25, -0.2) is 4.98 Å². The topological polar surface area (TPSA) is 79.5 Å². The second kappa shape index (κ2) is 7.52. The van der Waals surface area contributed by atoms with Crippen LogP contribution in [0.2, 0.25) is 0 Å². The first-order valence-electron chi connectivity index (χ1n) is 7.54. The molecule has 0 bridgehead atoms. The number of carbonyl (C=O) groups excluding carboxylic acids is 1. The summed E-state index contributed by atoms with van der Waals surface area (Å²) in [6.07, 6.45) is 4.97. The van der Waals surface area contributed by atoms with Gasteiger partial charge in [-0.05, 0) is 17.7 Å². The Hall–Kier alpha value is -2.99. The van der Waals surface area contributed by atoms with E-state index < -0.39 is 6.10 Å². The Morgan fingerprint density at radius 2 is 2.00 bits per heavy atom. The average molecular weight is 323 g/mol. The van der Waals surface area contributed by atoms with Gasteiger partial charge in [0, 0.05) is 18.9 Å². The highest BCUT2D eigenvalue weighted by atomic mass is 16.4. The number of hydrogen-bond acceptors (Lipinski definition) is 5. The Labute approximate surface area is 139 Å². The molecule has 1 unspecified atom stereocenters. The van der Waals surface area contributed by atoms with E-state index in [-0.39, 0.29) is 18.1 Å². The van der Waals surface area contributed by atoms with Crippen molar-refractivity contribution in [1.29, 1.82) is 0 Å². The maximum atomic E-state index is 12.7. The summed E-state index contributed by atoms with van der Waals surface area (Å²) >= 11 is 0. The highest BCUT2D eigenvalue weighted by molar-refractivity contribution is 5.91. The van der Waals surface area contributed by atoms with Crippen LogP contribution in [0.25, 0.3) is 0 Å². The van der Waals surface area contributed by atoms with Crippen LogP contribution in [0.5, 0.6) is 0 Å². The first-order chi connectivity index (χ1) is 11.7. The van der Waals surface area contributed by atoms with E-state index in [1.165, 1.54) is 29.8 Å². The highest BCUT2D eigenvalue weighted by Gasteiger charge is 2.22. The summed E-state index contributed by atoms with van der Waals surface area (Å²) in [5.41, 5.74) is 1.20. The predicted octanol–water partition coefficient (Wildman–Crippen LogP) is 2.45. The van der Waals surface area contributed by atoms with E-state index in [4.69, 9.17) is 4.42 Å². The lowest BCUT2D eigenvalue weighted by Crippen LogP contribution is -2.34. The number of aliphatic hydroxyl groups is 1. The molecule has 0 saturated heterocycles. The van der Waals surface area contributed by atoms with Crippen molar-refractivity contribution in [3.63, 3.8) is 0 Å². The molecule has 1 amide bonds. The molecule has 0 aliphatic rings. The summed E-state index contributed by atoms with van der Waals surface area (Å²) in [6.45, 7) is 0.450. The van der Waals surface area contributed by atoms with Gasteiger partial charge in [0.25, 0.3) is 5.91 Å². The van der Waals surface area contributed by atoms with E-state index in [2.05, 4.69) is 9.97 Å². The van der Waals surface area contributed by atoms with Gasteiger partial charge in [-0.2, -0.15) is 0 Å². The Morgan fingerprint density at radius 1 is 1.17 bits per heavy atom. The predicted molar refractivity (Wildman–Crippen MR) is 86.9 cm³/mol. The van der Waals surface area contributed by atoms with Crippen molar-refractivity contribution in [3.05, 3.63) is 84.3 Å². The molecule has 2 heterocycles. The fourth-order valence-electron chi connectivity index (χ4n) is 2.37. The molecule has 122 valence electrons. The summed E-state index contributed by atoms with van der Waals surface area (Å²) in [4.78, 5) is 22.3. The van der Waals surface area contributed by atoms with Crippen molar-refractivity contribution in [3.8, 4) is 0 Å². The third kappa shape index (κ3) is 3.85. The van der Waals surface area contributed by atoms with Gasteiger partial charge >= 0.3 is 0 Å². The van der Waals surface area contributed by atoms with Gasteiger partial charge < -0.3 is 14.4 Å². The van der Waals surface area contributed by atoms with Gasteiger partial charge in [0.2, 0.25) is 0 Å². The first kappa shape index (κ1) is 15.9. The molecule has 0 aliphatic carbocycles. The van der Waals surface area contributed by atoms with E-state index in [0.717, 1.165) is 5.56 Å². The first-order valence-corrected chi connectivity index (χ1v) is 7.54. The van der Waals surface area contributed by atoms with Crippen LogP contribution in [-0.4, -0.2) is 32.4 Å². The second-order valence-electron chi connectivity index (χ2n) is 5.29. The standard InChI is InChI=1S/C18H17N3O3/c22-16(17-7-4-10-24-17)13-21(12-14-5-2-1-3-6-14)18(23)15-11-19-8-9-20-15/h1-11,16,22H,12-13H2. The molecular weight excluding hydrogens is 306 g/mol. The number of aromatic nitrogens is 2. The minimum Gasteiger partial charge on any atom is -0.467 e. The number of rotatable bonds is 6.